The molecule has 186 valence electrons. The van der Waals surface area contributed by atoms with Crippen LogP contribution in [0.1, 0.15) is 31.9 Å². The monoisotopic (exact) mass is 511 g/mol. The molecule has 0 bridgehead atoms. The lowest BCUT2D eigenvalue weighted by molar-refractivity contribution is -0.139. The van der Waals surface area contributed by atoms with Gasteiger partial charge in [-0.05, 0) is 43.5 Å². The van der Waals surface area contributed by atoms with Crippen molar-refractivity contribution in [2.45, 2.75) is 40.3 Å². The van der Waals surface area contributed by atoms with Crippen molar-refractivity contribution in [2.75, 3.05) is 23.7 Å². The first-order valence-corrected chi connectivity index (χ1v) is 13.1. The van der Waals surface area contributed by atoms with Crippen LogP contribution < -0.4 is 9.62 Å². The van der Waals surface area contributed by atoms with Gasteiger partial charge in [0.25, 0.3) is 0 Å². The number of nitrogens with zero attached hydrogens (tertiary/aromatic N) is 2. The minimum atomic E-state index is -3.88. The van der Waals surface area contributed by atoms with Crippen molar-refractivity contribution in [2.24, 2.45) is 5.92 Å². The molecule has 0 aliphatic rings. The lowest BCUT2D eigenvalue weighted by Gasteiger charge is -2.32. The van der Waals surface area contributed by atoms with Crippen molar-refractivity contribution in [3.63, 3.8) is 0 Å². The number of hydrogen-bond acceptors (Lipinski definition) is 4. The molecule has 0 aliphatic carbocycles. The number of hydrogen-bond donors (Lipinski definition) is 1. The smallest absolute Gasteiger partial charge is 0.244 e. The SMILES string of the molecule is Cc1ccc(Cl)cc1N(CC(=O)N(Cc1ccccc1F)C(C)C(=O)NCC(C)C)S(C)(=O)=O. The summed E-state index contributed by atoms with van der Waals surface area (Å²) in [6.07, 6.45) is 0.987. The molecule has 0 saturated carbocycles. The Morgan fingerprint density at radius 2 is 1.76 bits per heavy atom. The molecule has 2 aromatic carbocycles. The van der Waals surface area contributed by atoms with Gasteiger partial charge in [0.1, 0.15) is 18.4 Å². The van der Waals surface area contributed by atoms with Gasteiger partial charge in [-0.2, -0.15) is 0 Å². The van der Waals surface area contributed by atoms with Crippen LogP contribution in [0.3, 0.4) is 0 Å². The van der Waals surface area contributed by atoms with Crippen molar-refractivity contribution < 1.29 is 22.4 Å². The molecule has 0 radical (unpaired) electrons. The standard InChI is InChI=1S/C24H31ClFN3O4S/c1-16(2)13-27-24(31)18(4)28(14-19-8-6-7-9-21(19)26)23(30)15-29(34(5,32)33)22-12-20(25)11-10-17(22)3/h6-12,16,18H,13-15H2,1-5H3,(H,27,31). The molecule has 0 fully saturated rings. The topological polar surface area (TPSA) is 86.8 Å². The lowest BCUT2D eigenvalue weighted by Crippen LogP contribution is -2.51. The minimum absolute atomic E-state index is 0.193. The molecule has 0 aromatic heterocycles. The molecule has 2 amide bonds. The van der Waals surface area contributed by atoms with E-state index in [0.717, 1.165) is 10.6 Å². The first kappa shape index (κ1) is 27.6. The van der Waals surface area contributed by atoms with E-state index in [1.165, 1.54) is 36.1 Å². The molecule has 1 unspecified atom stereocenters. The van der Waals surface area contributed by atoms with Crippen LogP contribution in [0.25, 0.3) is 0 Å². The van der Waals surface area contributed by atoms with E-state index in [1.807, 2.05) is 13.8 Å². The van der Waals surface area contributed by atoms with E-state index in [2.05, 4.69) is 5.32 Å². The maximum absolute atomic E-state index is 14.4. The summed E-state index contributed by atoms with van der Waals surface area (Å²) in [5.41, 5.74) is 1.07. The van der Waals surface area contributed by atoms with Gasteiger partial charge in [0, 0.05) is 23.7 Å². The van der Waals surface area contributed by atoms with E-state index in [-0.39, 0.29) is 23.7 Å². The molecule has 10 heteroatoms. The quantitative estimate of drug-likeness (QED) is 0.526. The Labute approximate surface area is 205 Å². The van der Waals surface area contributed by atoms with Gasteiger partial charge >= 0.3 is 0 Å². The molecule has 0 heterocycles. The summed E-state index contributed by atoms with van der Waals surface area (Å²) in [5.74, 6) is -1.40. The number of rotatable bonds is 10. The molecular weight excluding hydrogens is 481 g/mol. The first-order valence-electron chi connectivity index (χ1n) is 10.9. The minimum Gasteiger partial charge on any atom is -0.354 e. The van der Waals surface area contributed by atoms with Gasteiger partial charge in [-0.15, -0.1) is 0 Å². The number of carbonyl (C=O) groups is 2. The molecule has 0 spiro atoms. The summed E-state index contributed by atoms with van der Waals surface area (Å²) < 4.78 is 40.6. The highest BCUT2D eigenvalue weighted by molar-refractivity contribution is 7.92. The van der Waals surface area contributed by atoms with Crippen molar-refractivity contribution in [1.82, 2.24) is 10.2 Å². The molecule has 0 aliphatic heterocycles. The van der Waals surface area contributed by atoms with Gasteiger partial charge in [-0.3, -0.25) is 13.9 Å². The maximum Gasteiger partial charge on any atom is 0.244 e. The third kappa shape index (κ3) is 7.43. The van der Waals surface area contributed by atoms with Gasteiger partial charge in [0.2, 0.25) is 21.8 Å². The van der Waals surface area contributed by atoms with E-state index in [9.17, 15) is 22.4 Å². The Morgan fingerprint density at radius 3 is 2.35 bits per heavy atom. The van der Waals surface area contributed by atoms with Crippen molar-refractivity contribution in [1.29, 1.82) is 0 Å². The molecule has 1 atom stereocenters. The van der Waals surface area contributed by atoms with Crippen LogP contribution >= 0.6 is 11.6 Å². The van der Waals surface area contributed by atoms with Crippen LogP contribution in [0.15, 0.2) is 42.5 Å². The number of nitrogens with one attached hydrogen (secondary N) is 1. The van der Waals surface area contributed by atoms with Gasteiger partial charge in [-0.1, -0.05) is 49.7 Å². The van der Waals surface area contributed by atoms with Crippen LogP contribution in [0.2, 0.25) is 5.02 Å². The highest BCUT2D eigenvalue weighted by atomic mass is 35.5. The van der Waals surface area contributed by atoms with E-state index >= 15 is 0 Å². The van der Waals surface area contributed by atoms with Gasteiger partial charge in [-0.25, -0.2) is 12.8 Å². The maximum atomic E-state index is 14.4. The Bertz CT molecular complexity index is 1140. The Hall–Kier alpha value is -2.65. The number of halogens is 2. The second kappa shape index (κ2) is 11.7. The van der Waals surface area contributed by atoms with Crippen LogP contribution in [0, 0.1) is 18.7 Å². The van der Waals surface area contributed by atoms with Gasteiger partial charge < -0.3 is 10.2 Å². The summed E-state index contributed by atoms with van der Waals surface area (Å²) in [6.45, 7) is 6.73. The summed E-state index contributed by atoms with van der Waals surface area (Å²) in [7, 11) is -3.88. The zero-order valence-electron chi connectivity index (χ0n) is 20.0. The zero-order valence-corrected chi connectivity index (χ0v) is 21.6. The fraction of sp³-hybridized carbons (Fsp3) is 0.417. The summed E-state index contributed by atoms with van der Waals surface area (Å²) in [5, 5.41) is 3.08. The summed E-state index contributed by atoms with van der Waals surface area (Å²) in [6, 6.07) is 9.70. The number of amides is 2. The molecule has 2 rings (SSSR count). The fourth-order valence-electron chi connectivity index (χ4n) is 3.29. The average molecular weight is 512 g/mol. The third-order valence-corrected chi connectivity index (χ3v) is 6.63. The number of carbonyl (C=O) groups excluding carboxylic acids is 2. The van der Waals surface area contributed by atoms with Crippen LogP contribution in [-0.2, 0) is 26.2 Å². The second-order valence-electron chi connectivity index (χ2n) is 8.63. The normalized spacial score (nSPS) is 12.4. The van der Waals surface area contributed by atoms with E-state index in [0.29, 0.717) is 17.1 Å². The number of sulfonamides is 1. The van der Waals surface area contributed by atoms with Crippen LogP contribution in [-0.4, -0.2) is 50.5 Å². The number of anilines is 1. The van der Waals surface area contributed by atoms with Crippen molar-refractivity contribution in [3.8, 4) is 0 Å². The number of benzene rings is 2. The zero-order chi connectivity index (χ0) is 25.6. The van der Waals surface area contributed by atoms with E-state index in [4.69, 9.17) is 11.6 Å². The summed E-state index contributed by atoms with van der Waals surface area (Å²) >= 11 is 6.08. The average Bonchev–Trinajstić information content (AvgIpc) is 2.75. The van der Waals surface area contributed by atoms with Crippen LogP contribution in [0.5, 0.6) is 0 Å². The Morgan fingerprint density at radius 1 is 1.12 bits per heavy atom. The fourth-order valence-corrected chi connectivity index (χ4v) is 4.36. The number of aryl methyl sites for hydroxylation is 1. The highest BCUT2D eigenvalue weighted by Gasteiger charge is 2.31. The second-order valence-corrected chi connectivity index (χ2v) is 11.0. The first-order chi connectivity index (χ1) is 15.8. The highest BCUT2D eigenvalue weighted by Crippen LogP contribution is 2.27. The van der Waals surface area contributed by atoms with Gasteiger partial charge in [0.05, 0.1) is 11.9 Å². The molecule has 2 aromatic rings. The lowest BCUT2D eigenvalue weighted by atomic mass is 10.1. The van der Waals surface area contributed by atoms with Crippen molar-refractivity contribution >= 4 is 39.1 Å². The summed E-state index contributed by atoms with van der Waals surface area (Å²) in [4.78, 5) is 27.4. The van der Waals surface area contributed by atoms with Gasteiger partial charge in [0.15, 0.2) is 0 Å². The molecule has 34 heavy (non-hydrogen) atoms. The third-order valence-electron chi connectivity index (χ3n) is 5.27. The predicted molar refractivity (Wildman–Crippen MR) is 133 cm³/mol. The largest absolute Gasteiger partial charge is 0.354 e. The molecular formula is C24H31ClFN3O4S. The van der Waals surface area contributed by atoms with E-state index in [1.54, 1.807) is 25.1 Å². The molecule has 7 nitrogen and oxygen atoms in total. The Kier molecular flexibility index (Phi) is 9.46. The molecule has 1 N–H and O–H groups in total. The van der Waals surface area contributed by atoms with Crippen LogP contribution in [0.4, 0.5) is 10.1 Å². The molecule has 0 saturated heterocycles. The predicted octanol–water partition coefficient (Wildman–Crippen LogP) is 3.74. The van der Waals surface area contributed by atoms with Crippen molar-refractivity contribution in [3.05, 3.63) is 64.4 Å². The Balaban J connectivity index is 2.43. The van der Waals surface area contributed by atoms with E-state index < -0.39 is 40.2 Å².